The summed E-state index contributed by atoms with van der Waals surface area (Å²) in [5, 5.41) is 3.42. The second-order valence-electron chi connectivity index (χ2n) is 4.10. The molecule has 1 N–H and O–H groups in total. The number of halogens is 1. The van der Waals surface area contributed by atoms with Crippen LogP contribution in [0.2, 0.25) is 0 Å². The van der Waals surface area contributed by atoms with E-state index in [-0.39, 0.29) is 0 Å². The monoisotopic (exact) mass is 253 g/mol. The molecule has 0 aromatic heterocycles. The molecule has 1 saturated heterocycles. The quantitative estimate of drug-likeness (QED) is 0.811. The smallest absolute Gasteiger partial charge is 0.0236 e. The number of rotatable bonds is 1. The van der Waals surface area contributed by atoms with Gasteiger partial charge in [0.15, 0.2) is 0 Å². The lowest BCUT2D eigenvalue weighted by atomic mass is 9.93. The number of hydrogen-bond acceptors (Lipinski definition) is 1. The van der Waals surface area contributed by atoms with Crippen LogP contribution in [0.4, 0.5) is 0 Å². The van der Waals surface area contributed by atoms with Crippen molar-refractivity contribution in [1.82, 2.24) is 5.32 Å². The van der Waals surface area contributed by atoms with Crippen molar-refractivity contribution in [3.63, 3.8) is 0 Å². The van der Waals surface area contributed by atoms with Gasteiger partial charge < -0.3 is 5.32 Å². The van der Waals surface area contributed by atoms with E-state index in [4.69, 9.17) is 0 Å². The van der Waals surface area contributed by atoms with Gasteiger partial charge in [-0.2, -0.15) is 0 Å². The summed E-state index contributed by atoms with van der Waals surface area (Å²) < 4.78 is 1.28. The summed E-state index contributed by atoms with van der Waals surface area (Å²) in [5.41, 5.74) is 4.25. The molecule has 0 aliphatic carbocycles. The van der Waals surface area contributed by atoms with Crippen LogP contribution in [0.3, 0.4) is 0 Å². The summed E-state index contributed by atoms with van der Waals surface area (Å²) in [6.45, 7) is 6.66. The third-order valence-electron chi connectivity index (χ3n) is 3.12. The average molecular weight is 254 g/mol. The Labute approximate surface area is 94.0 Å². The van der Waals surface area contributed by atoms with Crippen LogP contribution >= 0.6 is 15.9 Å². The maximum Gasteiger partial charge on any atom is 0.0236 e. The van der Waals surface area contributed by atoms with Gasteiger partial charge in [0, 0.05) is 11.0 Å². The van der Waals surface area contributed by atoms with Crippen molar-refractivity contribution in [3.8, 4) is 0 Å². The minimum Gasteiger partial charge on any atom is -0.316 e. The Kier molecular flexibility index (Phi) is 2.93. The van der Waals surface area contributed by atoms with Gasteiger partial charge in [-0.3, -0.25) is 0 Å². The van der Waals surface area contributed by atoms with E-state index in [1.165, 1.54) is 27.6 Å². The first-order valence-corrected chi connectivity index (χ1v) is 5.95. The van der Waals surface area contributed by atoms with E-state index < -0.39 is 0 Å². The summed E-state index contributed by atoms with van der Waals surface area (Å²) in [6, 6.07) is 4.50. The zero-order valence-electron chi connectivity index (χ0n) is 8.73. The molecule has 1 unspecified atom stereocenters. The Morgan fingerprint density at radius 1 is 1.36 bits per heavy atom. The molecular weight excluding hydrogens is 238 g/mol. The van der Waals surface area contributed by atoms with Crippen LogP contribution in [0.25, 0.3) is 0 Å². The number of nitrogens with one attached hydrogen (secondary N) is 1. The van der Waals surface area contributed by atoms with Crippen LogP contribution in [0.5, 0.6) is 0 Å². The highest BCUT2D eigenvalue weighted by Gasteiger charge is 2.19. The summed E-state index contributed by atoms with van der Waals surface area (Å²) in [6.07, 6.45) is 1.27. The molecule has 0 saturated carbocycles. The van der Waals surface area contributed by atoms with Gasteiger partial charge in [0.25, 0.3) is 0 Å². The standard InChI is InChI=1S/C12H16BrN/c1-8-3-4-11(9(2)12(8)13)10-5-6-14-7-10/h3-4,10,14H,5-7H2,1-2H3. The van der Waals surface area contributed by atoms with E-state index in [2.05, 4.69) is 47.2 Å². The van der Waals surface area contributed by atoms with Gasteiger partial charge in [0.2, 0.25) is 0 Å². The fraction of sp³-hybridized carbons (Fsp3) is 0.500. The van der Waals surface area contributed by atoms with Crippen LogP contribution in [0.1, 0.15) is 29.0 Å². The van der Waals surface area contributed by atoms with Crippen LogP contribution < -0.4 is 5.32 Å². The molecule has 0 bridgehead atoms. The normalized spacial score (nSPS) is 21.5. The minimum absolute atomic E-state index is 0.715. The second-order valence-corrected chi connectivity index (χ2v) is 4.89. The summed E-state index contributed by atoms with van der Waals surface area (Å²) in [5.74, 6) is 0.715. The third-order valence-corrected chi connectivity index (χ3v) is 4.34. The molecule has 1 aliphatic rings. The molecule has 1 aromatic rings. The molecule has 14 heavy (non-hydrogen) atoms. The van der Waals surface area contributed by atoms with Crippen molar-refractivity contribution in [2.24, 2.45) is 0 Å². The van der Waals surface area contributed by atoms with Gasteiger partial charge >= 0.3 is 0 Å². The fourth-order valence-electron chi connectivity index (χ4n) is 2.20. The van der Waals surface area contributed by atoms with E-state index in [0.29, 0.717) is 5.92 Å². The third kappa shape index (κ3) is 1.73. The highest BCUT2D eigenvalue weighted by molar-refractivity contribution is 9.10. The van der Waals surface area contributed by atoms with Crippen LogP contribution in [0, 0.1) is 13.8 Å². The molecule has 2 rings (SSSR count). The molecule has 1 aliphatic heterocycles. The lowest BCUT2D eigenvalue weighted by Gasteiger charge is -2.15. The molecule has 1 nitrogen and oxygen atoms in total. The molecule has 1 aromatic carbocycles. The van der Waals surface area contributed by atoms with Crippen molar-refractivity contribution in [1.29, 1.82) is 0 Å². The van der Waals surface area contributed by atoms with E-state index in [1.54, 1.807) is 0 Å². The Hall–Kier alpha value is -0.340. The van der Waals surface area contributed by atoms with Crippen molar-refractivity contribution < 1.29 is 0 Å². The lowest BCUT2D eigenvalue weighted by Crippen LogP contribution is -2.09. The van der Waals surface area contributed by atoms with Gasteiger partial charge in [-0.25, -0.2) is 0 Å². The van der Waals surface area contributed by atoms with Crippen molar-refractivity contribution in [3.05, 3.63) is 33.3 Å². The van der Waals surface area contributed by atoms with Gasteiger partial charge in [-0.05, 0) is 49.4 Å². The molecule has 0 amide bonds. The number of benzene rings is 1. The highest BCUT2D eigenvalue weighted by atomic mass is 79.9. The Bertz CT molecular complexity index is 340. The van der Waals surface area contributed by atoms with E-state index in [0.717, 1.165) is 13.1 Å². The Balaban J connectivity index is 2.38. The predicted molar refractivity (Wildman–Crippen MR) is 63.8 cm³/mol. The van der Waals surface area contributed by atoms with Crippen LogP contribution in [0.15, 0.2) is 16.6 Å². The fourth-order valence-corrected chi connectivity index (χ4v) is 2.56. The zero-order valence-corrected chi connectivity index (χ0v) is 10.3. The Morgan fingerprint density at radius 3 is 2.79 bits per heavy atom. The molecule has 0 spiro atoms. The molecular formula is C12H16BrN. The van der Waals surface area contributed by atoms with Crippen molar-refractivity contribution >= 4 is 15.9 Å². The highest BCUT2D eigenvalue weighted by Crippen LogP contribution is 2.31. The molecule has 1 heterocycles. The summed E-state index contributed by atoms with van der Waals surface area (Å²) in [7, 11) is 0. The van der Waals surface area contributed by atoms with Gasteiger partial charge in [-0.15, -0.1) is 0 Å². The number of aryl methyl sites for hydroxylation is 1. The van der Waals surface area contributed by atoms with Crippen molar-refractivity contribution in [2.75, 3.05) is 13.1 Å². The first-order valence-electron chi connectivity index (χ1n) is 5.16. The summed E-state index contributed by atoms with van der Waals surface area (Å²) >= 11 is 3.66. The first-order chi connectivity index (χ1) is 6.70. The van der Waals surface area contributed by atoms with Gasteiger partial charge in [0.05, 0.1) is 0 Å². The largest absolute Gasteiger partial charge is 0.316 e. The SMILES string of the molecule is Cc1ccc(C2CCNC2)c(C)c1Br. The molecule has 76 valence electrons. The molecule has 1 fully saturated rings. The second kappa shape index (κ2) is 4.03. The van der Waals surface area contributed by atoms with Gasteiger partial charge in [-0.1, -0.05) is 28.1 Å². The Morgan fingerprint density at radius 2 is 2.14 bits per heavy atom. The van der Waals surface area contributed by atoms with Crippen LogP contribution in [-0.2, 0) is 0 Å². The molecule has 2 heteroatoms. The lowest BCUT2D eigenvalue weighted by molar-refractivity contribution is 0.756. The van der Waals surface area contributed by atoms with E-state index in [1.807, 2.05) is 0 Å². The predicted octanol–water partition coefficient (Wildman–Crippen LogP) is 3.14. The molecule has 0 radical (unpaired) electrons. The van der Waals surface area contributed by atoms with Crippen molar-refractivity contribution in [2.45, 2.75) is 26.2 Å². The molecule has 1 atom stereocenters. The van der Waals surface area contributed by atoms with Crippen LogP contribution in [-0.4, -0.2) is 13.1 Å². The zero-order chi connectivity index (χ0) is 10.1. The van der Waals surface area contributed by atoms with E-state index >= 15 is 0 Å². The first kappa shape index (κ1) is 10.2. The maximum atomic E-state index is 3.66. The maximum absolute atomic E-state index is 3.66. The minimum atomic E-state index is 0.715. The summed E-state index contributed by atoms with van der Waals surface area (Å²) in [4.78, 5) is 0. The average Bonchev–Trinajstić information content (AvgIpc) is 2.67. The number of hydrogen-bond donors (Lipinski definition) is 1. The van der Waals surface area contributed by atoms with E-state index in [9.17, 15) is 0 Å². The van der Waals surface area contributed by atoms with Gasteiger partial charge in [0.1, 0.15) is 0 Å². The topological polar surface area (TPSA) is 12.0 Å².